The molecule has 0 atom stereocenters. The number of benzene rings is 1. The minimum Gasteiger partial charge on any atom is -0.469 e. The van der Waals surface area contributed by atoms with E-state index < -0.39 is 17.9 Å². The number of ether oxygens (including phenoxy) is 1. The molecule has 0 bridgehead atoms. The van der Waals surface area contributed by atoms with Gasteiger partial charge in [-0.2, -0.15) is 4.98 Å². The third-order valence-corrected chi connectivity index (χ3v) is 4.93. The highest BCUT2D eigenvalue weighted by Gasteiger charge is 2.22. The predicted molar refractivity (Wildman–Crippen MR) is 123 cm³/mol. The lowest BCUT2D eigenvalue weighted by Gasteiger charge is -2.16. The van der Waals surface area contributed by atoms with E-state index in [0.717, 1.165) is 6.54 Å². The molecule has 0 radical (unpaired) electrons. The van der Waals surface area contributed by atoms with Gasteiger partial charge in [0, 0.05) is 17.7 Å². The second kappa shape index (κ2) is 11.1. The van der Waals surface area contributed by atoms with Gasteiger partial charge in [-0.15, -0.1) is 0 Å². The Morgan fingerprint density at radius 1 is 1.09 bits per heavy atom. The third-order valence-electron chi connectivity index (χ3n) is 4.93. The fraction of sp³-hybridized carbons (Fsp3) is 0.333. The van der Waals surface area contributed by atoms with Crippen LogP contribution >= 0.6 is 0 Å². The summed E-state index contributed by atoms with van der Waals surface area (Å²) < 4.78 is 46.2. The Kier molecular flexibility index (Phi) is 8.17. The Bertz CT molecular complexity index is 1150. The average molecular weight is 473 g/mol. The van der Waals surface area contributed by atoms with E-state index in [1.54, 1.807) is 13.0 Å². The van der Waals surface area contributed by atoms with Crippen LogP contribution in [-0.4, -0.2) is 52.9 Å². The number of ketones is 1. The largest absolute Gasteiger partial charge is 0.469 e. The van der Waals surface area contributed by atoms with Crippen molar-refractivity contribution >= 4 is 11.7 Å². The average Bonchev–Trinajstić information content (AvgIpc) is 2.77. The molecule has 180 valence electrons. The molecule has 2 heterocycles. The summed E-state index contributed by atoms with van der Waals surface area (Å²) in [5, 5.41) is 0. The molecule has 0 saturated heterocycles. The SMILES string of the molecule is Cc1cc(-c2c(OCC(=O)CCCN(C)C)nc(N)nc2-c2ccc(F)cc2)cc(C(F)F)n1. The van der Waals surface area contributed by atoms with Crippen molar-refractivity contribution < 1.29 is 22.7 Å². The van der Waals surface area contributed by atoms with Crippen molar-refractivity contribution in [2.24, 2.45) is 0 Å². The summed E-state index contributed by atoms with van der Waals surface area (Å²) in [6.45, 7) is 2.06. The van der Waals surface area contributed by atoms with Crippen molar-refractivity contribution in [3.8, 4) is 28.3 Å². The molecule has 3 aromatic rings. The van der Waals surface area contributed by atoms with Gasteiger partial charge < -0.3 is 15.4 Å². The second-order valence-corrected chi connectivity index (χ2v) is 8.07. The molecule has 3 rings (SSSR count). The minimum absolute atomic E-state index is 0.0291. The van der Waals surface area contributed by atoms with E-state index in [9.17, 15) is 18.0 Å². The Hall–Kier alpha value is -3.53. The highest BCUT2D eigenvalue weighted by atomic mass is 19.3. The molecule has 0 unspecified atom stereocenters. The molecule has 7 nitrogen and oxygen atoms in total. The normalized spacial score (nSPS) is 11.3. The van der Waals surface area contributed by atoms with Crippen LogP contribution in [-0.2, 0) is 4.79 Å². The maximum atomic E-state index is 13.5. The van der Waals surface area contributed by atoms with Crippen LogP contribution in [0, 0.1) is 12.7 Å². The zero-order valence-corrected chi connectivity index (χ0v) is 19.2. The smallest absolute Gasteiger partial charge is 0.280 e. The van der Waals surface area contributed by atoms with Crippen molar-refractivity contribution in [1.82, 2.24) is 19.9 Å². The molecule has 2 aromatic heterocycles. The molecule has 0 aliphatic carbocycles. The van der Waals surface area contributed by atoms with E-state index in [1.165, 1.54) is 30.3 Å². The molecule has 0 aliphatic rings. The number of anilines is 1. The fourth-order valence-electron chi connectivity index (χ4n) is 3.40. The van der Waals surface area contributed by atoms with Gasteiger partial charge in [0.05, 0.1) is 11.3 Å². The highest BCUT2D eigenvalue weighted by Crippen LogP contribution is 2.39. The number of aromatic nitrogens is 3. The predicted octanol–water partition coefficient (Wildman–Crippen LogP) is 4.46. The summed E-state index contributed by atoms with van der Waals surface area (Å²) in [6, 6.07) is 8.26. The van der Waals surface area contributed by atoms with Gasteiger partial charge in [0.25, 0.3) is 6.43 Å². The zero-order valence-electron chi connectivity index (χ0n) is 19.2. The number of rotatable bonds is 10. The zero-order chi connectivity index (χ0) is 24.8. The lowest BCUT2D eigenvalue weighted by Crippen LogP contribution is -2.17. The Morgan fingerprint density at radius 2 is 1.79 bits per heavy atom. The van der Waals surface area contributed by atoms with Gasteiger partial charge in [-0.25, -0.2) is 18.2 Å². The van der Waals surface area contributed by atoms with Crippen LogP contribution < -0.4 is 10.5 Å². The van der Waals surface area contributed by atoms with E-state index in [2.05, 4.69) is 15.0 Å². The maximum Gasteiger partial charge on any atom is 0.280 e. The first-order chi connectivity index (χ1) is 16.1. The topological polar surface area (TPSA) is 94.2 Å². The molecular weight excluding hydrogens is 447 g/mol. The molecule has 0 aliphatic heterocycles. The number of nitrogens with zero attached hydrogens (tertiary/aromatic N) is 4. The van der Waals surface area contributed by atoms with Gasteiger partial charge in [0.1, 0.15) is 18.1 Å². The molecule has 2 N–H and O–H groups in total. The van der Waals surface area contributed by atoms with Crippen molar-refractivity contribution in [3.05, 3.63) is 53.6 Å². The number of hydrogen-bond acceptors (Lipinski definition) is 7. The van der Waals surface area contributed by atoms with Crippen LogP contribution in [0.5, 0.6) is 5.88 Å². The molecule has 10 heteroatoms. The number of carbonyl (C=O) groups excluding carboxylic acids is 1. The van der Waals surface area contributed by atoms with Crippen LogP contribution in [0.3, 0.4) is 0 Å². The second-order valence-electron chi connectivity index (χ2n) is 8.07. The summed E-state index contributed by atoms with van der Waals surface area (Å²) in [7, 11) is 3.83. The van der Waals surface area contributed by atoms with Crippen LogP contribution in [0.15, 0.2) is 36.4 Å². The van der Waals surface area contributed by atoms with Gasteiger partial charge in [-0.05, 0) is 75.9 Å². The summed E-state index contributed by atoms with van der Waals surface area (Å²) in [5.41, 5.74) is 7.13. The van der Waals surface area contributed by atoms with Gasteiger partial charge in [0.15, 0.2) is 5.78 Å². The van der Waals surface area contributed by atoms with E-state index in [4.69, 9.17) is 10.5 Å². The van der Waals surface area contributed by atoms with Crippen LogP contribution in [0.4, 0.5) is 19.1 Å². The first-order valence-electron chi connectivity index (χ1n) is 10.6. The van der Waals surface area contributed by atoms with Gasteiger partial charge in [0.2, 0.25) is 11.8 Å². The van der Waals surface area contributed by atoms with E-state index in [1.807, 2.05) is 19.0 Å². The van der Waals surface area contributed by atoms with Crippen LogP contribution in [0.1, 0.15) is 30.7 Å². The number of nitrogens with two attached hydrogens (primary N) is 1. The number of alkyl halides is 2. The number of aryl methyl sites for hydroxylation is 1. The van der Waals surface area contributed by atoms with Crippen LogP contribution in [0.25, 0.3) is 22.4 Å². The molecule has 34 heavy (non-hydrogen) atoms. The molecule has 0 amide bonds. The van der Waals surface area contributed by atoms with Crippen molar-refractivity contribution in [2.45, 2.75) is 26.2 Å². The van der Waals surface area contributed by atoms with E-state index in [0.29, 0.717) is 29.7 Å². The molecular formula is C24H26F3N5O2. The number of carbonyl (C=O) groups is 1. The van der Waals surface area contributed by atoms with Crippen molar-refractivity contribution in [3.63, 3.8) is 0 Å². The summed E-state index contributed by atoms with van der Waals surface area (Å²) >= 11 is 0. The van der Waals surface area contributed by atoms with Crippen molar-refractivity contribution in [1.29, 1.82) is 0 Å². The first-order valence-corrected chi connectivity index (χ1v) is 10.6. The number of hydrogen-bond donors (Lipinski definition) is 1. The molecule has 1 aromatic carbocycles. The van der Waals surface area contributed by atoms with E-state index >= 15 is 0 Å². The molecule has 0 fully saturated rings. The van der Waals surface area contributed by atoms with Gasteiger partial charge >= 0.3 is 0 Å². The molecule has 0 saturated carbocycles. The van der Waals surface area contributed by atoms with Gasteiger partial charge in [-0.3, -0.25) is 9.78 Å². The number of halogens is 3. The maximum absolute atomic E-state index is 13.5. The number of pyridine rings is 1. The number of nitrogen functional groups attached to an aromatic ring is 1. The Labute approximate surface area is 195 Å². The van der Waals surface area contributed by atoms with Gasteiger partial charge in [-0.1, -0.05) is 0 Å². The first kappa shape index (κ1) is 25.1. The number of Topliss-reactive ketones (excluding diaryl/α,β-unsaturated/α-hetero) is 1. The standard InChI is InChI=1S/C24H26F3N5O2/c1-14-11-16(12-19(29-14)22(26)27)20-21(15-6-8-17(25)9-7-15)30-24(28)31-23(20)34-13-18(33)5-4-10-32(2)3/h6-9,11-12,22H,4-5,10,13H2,1-3H3,(H2,28,30,31). The lowest BCUT2D eigenvalue weighted by atomic mass is 9.99. The third kappa shape index (κ3) is 6.50. The fourth-order valence-corrected chi connectivity index (χ4v) is 3.40. The summed E-state index contributed by atoms with van der Waals surface area (Å²) in [6.07, 6.45) is -1.83. The quantitative estimate of drug-likeness (QED) is 0.465. The summed E-state index contributed by atoms with van der Waals surface area (Å²) in [4.78, 5) is 26.6. The lowest BCUT2D eigenvalue weighted by molar-refractivity contribution is -0.121. The van der Waals surface area contributed by atoms with E-state index in [-0.39, 0.29) is 35.5 Å². The highest BCUT2D eigenvalue weighted by molar-refractivity contribution is 5.86. The summed E-state index contributed by atoms with van der Waals surface area (Å²) in [5.74, 6) is -0.768. The van der Waals surface area contributed by atoms with Crippen LogP contribution in [0.2, 0.25) is 0 Å². The minimum atomic E-state index is -2.80. The monoisotopic (exact) mass is 473 g/mol. The molecule has 0 spiro atoms. The Morgan fingerprint density at radius 3 is 2.44 bits per heavy atom. The van der Waals surface area contributed by atoms with Crippen molar-refractivity contribution in [2.75, 3.05) is 33.0 Å². The Balaban J connectivity index is 2.07.